The maximum absolute atomic E-state index is 13.2. The number of anilines is 2. The van der Waals surface area contributed by atoms with Crippen molar-refractivity contribution in [2.24, 2.45) is 0 Å². The first kappa shape index (κ1) is 27.2. The van der Waals surface area contributed by atoms with Gasteiger partial charge >= 0.3 is 5.97 Å². The van der Waals surface area contributed by atoms with Gasteiger partial charge in [0.1, 0.15) is 5.75 Å². The number of hydrogen-bond donors (Lipinski definition) is 1. The Labute approximate surface area is 225 Å². The number of nitrogens with zero attached hydrogens (tertiary/aromatic N) is 2. The smallest absolute Gasteiger partial charge is 0.338 e. The third-order valence-corrected chi connectivity index (χ3v) is 6.75. The van der Waals surface area contributed by atoms with E-state index in [4.69, 9.17) is 9.47 Å². The van der Waals surface area contributed by atoms with E-state index in [0.29, 0.717) is 16.8 Å². The van der Waals surface area contributed by atoms with Gasteiger partial charge in [0, 0.05) is 38.3 Å². The number of benzene rings is 3. The zero-order valence-corrected chi connectivity index (χ0v) is 22.5. The first-order valence-electron chi connectivity index (χ1n) is 13.4. The van der Waals surface area contributed by atoms with Gasteiger partial charge < -0.3 is 19.7 Å². The van der Waals surface area contributed by atoms with Crippen molar-refractivity contribution in [1.82, 2.24) is 4.90 Å². The summed E-state index contributed by atoms with van der Waals surface area (Å²) in [5.74, 6) is 0.0770. The average molecular weight is 516 g/mol. The zero-order valence-electron chi connectivity index (χ0n) is 22.5. The summed E-state index contributed by atoms with van der Waals surface area (Å²) in [6.07, 6.45) is 1.01. The quantitative estimate of drug-likeness (QED) is 0.354. The maximum Gasteiger partial charge on any atom is 0.338 e. The molecule has 1 aliphatic heterocycles. The Morgan fingerprint density at radius 1 is 0.895 bits per heavy atom. The van der Waals surface area contributed by atoms with Crippen LogP contribution in [0.25, 0.3) is 0 Å². The number of nitrogens with one attached hydrogen (secondary N) is 1. The molecular formula is C31H37N3O4. The summed E-state index contributed by atoms with van der Waals surface area (Å²) < 4.78 is 11.0. The fourth-order valence-corrected chi connectivity index (χ4v) is 4.44. The van der Waals surface area contributed by atoms with Crippen LogP contribution in [0.2, 0.25) is 0 Å². The van der Waals surface area contributed by atoms with Crippen LogP contribution in [-0.4, -0.2) is 55.7 Å². The Morgan fingerprint density at radius 3 is 2.24 bits per heavy atom. The van der Waals surface area contributed by atoms with Gasteiger partial charge in [0.15, 0.2) is 0 Å². The molecule has 200 valence electrons. The molecule has 0 spiro atoms. The van der Waals surface area contributed by atoms with E-state index in [-0.39, 0.29) is 18.6 Å². The van der Waals surface area contributed by atoms with Crippen molar-refractivity contribution in [2.45, 2.75) is 39.8 Å². The molecule has 0 bridgehead atoms. The number of carbonyl (C=O) groups excluding carboxylic acids is 2. The lowest BCUT2D eigenvalue weighted by molar-refractivity contribution is 0.0526. The molecule has 7 heteroatoms. The van der Waals surface area contributed by atoms with E-state index in [2.05, 4.69) is 46.3 Å². The molecule has 1 heterocycles. The van der Waals surface area contributed by atoms with Crippen LogP contribution in [0, 0.1) is 0 Å². The minimum atomic E-state index is -0.409. The third-order valence-electron chi connectivity index (χ3n) is 6.75. The van der Waals surface area contributed by atoms with Crippen LogP contribution < -0.4 is 15.0 Å². The molecule has 1 aliphatic rings. The number of carbonyl (C=O) groups is 2. The molecule has 0 radical (unpaired) electrons. The molecule has 0 aromatic heterocycles. The third kappa shape index (κ3) is 7.13. The fraction of sp³-hybridized carbons (Fsp3) is 0.355. The largest absolute Gasteiger partial charge is 0.491 e. The second-order valence-corrected chi connectivity index (χ2v) is 9.52. The van der Waals surface area contributed by atoms with E-state index in [1.165, 1.54) is 5.56 Å². The molecule has 1 N–H and O–H groups in total. The summed E-state index contributed by atoms with van der Waals surface area (Å²) >= 11 is 0. The van der Waals surface area contributed by atoms with Gasteiger partial charge in [-0.2, -0.15) is 0 Å². The molecular weight excluding hydrogens is 478 g/mol. The van der Waals surface area contributed by atoms with E-state index >= 15 is 0 Å². The van der Waals surface area contributed by atoms with Crippen molar-refractivity contribution in [3.8, 4) is 5.75 Å². The van der Waals surface area contributed by atoms with Crippen LogP contribution >= 0.6 is 0 Å². The number of rotatable bonds is 10. The van der Waals surface area contributed by atoms with E-state index in [9.17, 15) is 9.59 Å². The number of esters is 1. The van der Waals surface area contributed by atoms with Crippen molar-refractivity contribution >= 4 is 23.3 Å². The molecule has 7 nitrogen and oxygen atoms in total. The highest BCUT2D eigenvalue weighted by Crippen LogP contribution is 2.30. The van der Waals surface area contributed by atoms with Gasteiger partial charge in [0.2, 0.25) is 0 Å². The van der Waals surface area contributed by atoms with E-state index < -0.39 is 5.97 Å². The highest BCUT2D eigenvalue weighted by molar-refractivity contribution is 6.07. The number of amides is 1. The molecule has 1 fully saturated rings. The lowest BCUT2D eigenvalue weighted by atomic mass is 10.1. The monoisotopic (exact) mass is 515 g/mol. The van der Waals surface area contributed by atoms with Crippen LogP contribution in [0.3, 0.4) is 0 Å². The summed E-state index contributed by atoms with van der Waals surface area (Å²) in [7, 11) is 0. The Hall–Kier alpha value is -3.84. The van der Waals surface area contributed by atoms with Crippen molar-refractivity contribution in [1.29, 1.82) is 0 Å². The summed E-state index contributed by atoms with van der Waals surface area (Å²) in [5, 5.41) is 3.04. The zero-order chi connectivity index (χ0) is 26.9. The summed E-state index contributed by atoms with van der Waals surface area (Å²) in [5.41, 5.74) is 3.71. The Bertz CT molecular complexity index is 1210. The molecule has 0 aliphatic carbocycles. The van der Waals surface area contributed by atoms with E-state index in [1.807, 2.05) is 31.2 Å². The highest BCUT2D eigenvalue weighted by atomic mass is 16.5. The topological polar surface area (TPSA) is 71.1 Å². The minimum absolute atomic E-state index is 0.107. The normalized spacial score (nSPS) is 14.6. The molecule has 38 heavy (non-hydrogen) atoms. The first-order chi connectivity index (χ1) is 18.5. The molecule has 1 amide bonds. The fourth-order valence-electron chi connectivity index (χ4n) is 4.44. The number of hydrogen-bond acceptors (Lipinski definition) is 6. The number of ether oxygens (including phenoxy) is 2. The van der Waals surface area contributed by atoms with Crippen LogP contribution in [0.5, 0.6) is 5.75 Å². The van der Waals surface area contributed by atoms with Crippen molar-refractivity contribution in [2.75, 3.05) is 43.0 Å². The lowest BCUT2D eigenvalue weighted by Gasteiger charge is -2.37. The van der Waals surface area contributed by atoms with Crippen molar-refractivity contribution in [3.63, 3.8) is 0 Å². The standard InChI is InChI=1S/C31H37N3O4/c1-4-23(3)38-27-14-11-25(12-15-27)30(35)32-28-21-26(31(36)37-5-2)13-16-29(28)34-19-17-33(18-20-34)22-24-9-7-6-8-10-24/h6-16,21,23H,4-5,17-20,22H2,1-3H3,(H,32,35). The Balaban J connectivity index is 1.49. The molecule has 0 saturated carbocycles. The molecule has 3 aromatic rings. The predicted octanol–water partition coefficient (Wildman–Crippen LogP) is 5.62. The first-order valence-corrected chi connectivity index (χ1v) is 13.4. The summed E-state index contributed by atoms with van der Waals surface area (Å²) in [6, 6.07) is 23.0. The lowest BCUT2D eigenvalue weighted by Crippen LogP contribution is -2.46. The number of piperazine rings is 1. The maximum atomic E-state index is 13.2. The summed E-state index contributed by atoms with van der Waals surface area (Å²) in [4.78, 5) is 30.3. The van der Waals surface area contributed by atoms with Gasteiger partial charge in [-0.25, -0.2) is 4.79 Å². The highest BCUT2D eigenvalue weighted by Gasteiger charge is 2.22. The van der Waals surface area contributed by atoms with Gasteiger partial charge in [-0.15, -0.1) is 0 Å². The Morgan fingerprint density at radius 2 is 1.58 bits per heavy atom. The molecule has 1 atom stereocenters. The molecule has 1 unspecified atom stereocenters. The minimum Gasteiger partial charge on any atom is -0.491 e. The van der Waals surface area contributed by atoms with Crippen LogP contribution in [0.1, 0.15) is 53.5 Å². The van der Waals surface area contributed by atoms with E-state index in [0.717, 1.165) is 50.6 Å². The molecule has 1 saturated heterocycles. The second-order valence-electron chi connectivity index (χ2n) is 9.52. The van der Waals surface area contributed by atoms with E-state index in [1.54, 1.807) is 31.2 Å². The van der Waals surface area contributed by atoms with Crippen LogP contribution in [0.4, 0.5) is 11.4 Å². The van der Waals surface area contributed by atoms with Crippen molar-refractivity contribution < 1.29 is 19.1 Å². The van der Waals surface area contributed by atoms with Gasteiger partial charge in [-0.1, -0.05) is 37.3 Å². The van der Waals surface area contributed by atoms with Gasteiger partial charge in [0.25, 0.3) is 5.91 Å². The van der Waals surface area contributed by atoms with Gasteiger partial charge in [0.05, 0.1) is 29.6 Å². The molecule has 4 rings (SSSR count). The second kappa shape index (κ2) is 13.1. The van der Waals surface area contributed by atoms with Gasteiger partial charge in [-0.3, -0.25) is 9.69 Å². The average Bonchev–Trinajstić information content (AvgIpc) is 2.94. The Kier molecular flexibility index (Phi) is 9.38. The van der Waals surface area contributed by atoms with Crippen LogP contribution in [-0.2, 0) is 11.3 Å². The predicted molar refractivity (Wildman–Crippen MR) is 151 cm³/mol. The summed E-state index contributed by atoms with van der Waals surface area (Å²) in [6.45, 7) is 10.5. The SMILES string of the molecule is CCOC(=O)c1ccc(N2CCN(Cc3ccccc3)CC2)c(NC(=O)c2ccc(OC(C)CC)cc2)c1. The van der Waals surface area contributed by atoms with Gasteiger partial charge in [-0.05, 0) is 68.3 Å². The molecule has 3 aromatic carbocycles. The van der Waals surface area contributed by atoms with Crippen molar-refractivity contribution in [3.05, 3.63) is 89.5 Å². The van der Waals surface area contributed by atoms with Crippen LogP contribution in [0.15, 0.2) is 72.8 Å².